The minimum atomic E-state index is -0.166. The normalized spacial score (nSPS) is 22.2. The number of hydrogen-bond donors (Lipinski definition) is 1. The SMILES string of the molecule is CCCC(C)C(O)C1=CCCCC1. The molecule has 2 unspecified atom stereocenters. The third-order valence-corrected chi connectivity index (χ3v) is 2.99. The van der Waals surface area contributed by atoms with Gasteiger partial charge in [0, 0.05) is 0 Å². The Kier molecular flexibility index (Phi) is 4.51. The minimum absolute atomic E-state index is 0.166. The van der Waals surface area contributed by atoms with E-state index in [1.54, 1.807) is 0 Å². The van der Waals surface area contributed by atoms with E-state index in [4.69, 9.17) is 0 Å². The van der Waals surface area contributed by atoms with E-state index in [0.717, 1.165) is 12.8 Å². The number of aliphatic hydroxyl groups is 1. The number of rotatable bonds is 4. The Balaban J connectivity index is 2.44. The Morgan fingerprint density at radius 2 is 2.23 bits per heavy atom. The molecular formula is C12H22O. The molecule has 2 atom stereocenters. The van der Waals surface area contributed by atoms with Crippen LogP contribution in [-0.2, 0) is 0 Å². The number of aliphatic hydroxyl groups excluding tert-OH is 1. The molecule has 0 amide bonds. The quantitative estimate of drug-likeness (QED) is 0.661. The molecule has 76 valence electrons. The Hall–Kier alpha value is -0.300. The zero-order valence-corrected chi connectivity index (χ0v) is 8.92. The molecular weight excluding hydrogens is 160 g/mol. The van der Waals surface area contributed by atoms with Crippen molar-refractivity contribution in [2.45, 2.75) is 58.5 Å². The van der Waals surface area contributed by atoms with E-state index in [9.17, 15) is 5.11 Å². The predicted octanol–water partition coefficient (Wildman–Crippen LogP) is 3.28. The second kappa shape index (κ2) is 5.43. The van der Waals surface area contributed by atoms with Crippen molar-refractivity contribution < 1.29 is 5.11 Å². The maximum atomic E-state index is 10.0. The predicted molar refractivity (Wildman–Crippen MR) is 56.6 cm³/mol. The molecule has 0 saturated carbocycles. The summed E-state index contributed by atoms with van der Waals surface area (Å²) in [6.07, 6.45) is 9.26. The fourth-order valence-corrected chi connectivity index (χ4v) is 2.11. The van der Waals surface area contributed by atoms with Crippen LogP contribution < -0.4 is 0 Å². The van der Waals surface area contributed by atoms with Crippen LogP contribution in [0.5, 0.6) is 0 Å². The summed E-state index contributed by atoms with van der Waals surface area (Å²) in [4.78, 5) is 0. The summed E-state index contributed by atoms with van der Waals surface area (Å²) in [6, 6.07) is 0. The lowest BCUT2D eigenvalue weighted by molar-refractivity contribution is 0.139. The van der Waals surface area contributed by atoms with Crippen LogP contribution in [0.25, 0.3) is 0 Å². The molecule has 1 nitrogen and oxygen atoms in total. The lowest BCUT2D eigenvalue weighted by Gasteiger charge is -2.23. The van der Waals surface area contributed by atoms with Crippen LogP contribution in [0.15, 0.2) is 11.6 Å². The van der Waals surface area contributed by atoms with Crippen molar-refractivity contribution >= 4 is 0 Å². The fraction of sp³-hybridized carbons (Fsp3) is 0.833. The summed E-state index contributed by atoms with van der Waals surface area (Å²) < 4.78 is 0. The molecule has 0 aromatic rings. The highest BCUT2D eigenvalue weighted by Crippen LogP contribution is 2.25. The minimum Gasteiger partial charge on any atom is -0.388 e. The maximum absolute atomic E-state index is 10.0. The van der Waals surface area contributed by atoms with Crippen molar-refractivity contribution in [1.29, 1.82) is 0 Å². The molecule has 0 fully saturated rings. The second-order valence-electron chi connectivity index (χ2n) is 4.24. The molecule has 0 heterocycles. The van der Waals surface area contributed by atoms with Crippen LogP contribution in [-0.4, -0.2) is 11.2 Å². The standard InChI is InChI=1S/C12H22O/c1-3-7-10(2)12(13)11-8-5-4-6-9-11/h8,10,12-13H,3-7,9H2,1-2H3. The molecule has 1 N–H and O–H groups in total. The third kappa shape index (κ3) is 3.15. The van der Waals surface area contributed by atoms with E-state index in [1.165, 1.54) is 31.3 Å². The molecule has 1 rings (SSSR count). The summed E-state index contributed by atoms with van der Waals surface area (Å²) in [5.41, 5.74) is 1.30. The van der Waals surface area contributed by atoms with Gasteiger partial charge < -0.3 is 5.11 Å². The van der Waals surface area contributed by atoms with Crippen molar-refractivity contribution in [3.05, 3.63) is 11.6 Å². The summed E-state index contributed by atoms with van der Waals surface area (Å²) >= 11 is 0. The number of allylic oxidation sites excluding steroid dienone is 1. The molecule has 0 spiro atoms. The molecule has 13 heavy (non-hydrogen) atoms. The highest BCUT2D eigenvalue weighted by atomic mass is 16.3. The highest BCUT2D eigenvalue weighted by Gasteiger charge is 2.18. The molecule has 0 aromatic heterocycles. The topological polar surface area (TPSA) is 20.2 Å². The van der Waals surface area contributed by atoms with E-state index < -0.39 is 0 Å². The first-order valence-corrected chi connectivity index (χ1v) is 5.62. The molecule has 1 heteroatoms. The van der Waals surface area contributed by atoms with Gasteiger partial charge in [-0.2, -0.15) is 0 Å². The van der Waals surface area contributed by atoms with Gasteiger partial charge in [0.25, 0.3) is 0 Å². The van der Waals surface area contributed by atoms with E-state index in [1.807, 2.05) is 0 Å². The van der Waals surface area contributed by atoms with Crippen molar-refractivity contribution in [2.75, 3.05) is 0 Å². The molecule has 0 aliphatic heterocycles. The average Bonchev–Trinajstić information content (AvgIpc) is 2.18. The molecule has 0 bridgehead atoms. The molecule has 0 saturated heterocycles. The van der Waals surface area contributed by atoms with Gasteiger partial charge in [-0.05, 0) is 43.6 Å². The average molecular weight is 182 g/mol. The lowest BCUT2D eigenvalue weighted by atomic mass is 9.87. The van der Waals surface area contributed by atoms with Crippen LogP contribution in [0.3, 0.4) is 0 Å². The van der Waals surface area contributed by atoms with Crippen molar-refractivity contribution in [3.63, 3.8) is 0 Å². The molecule has 0 radical (unpaired) electrons. The fourth-order valence-electron chi connectivity index (χ4n) is 2.11. The van der Waals surface area contributed by atoms with Gasteiger partial charge in [-0.3, -0.25) is 0 Å². The maximum Gasteiger partial charge on any atom is 0.0775 e. The van der Waals surface area contributed by atoms with Crippen molar-refractivity contribution in [3.8, 4) is 0 Å². The van der Waals surface area contributed by atoms with Gasteiger partial charge in [0.15, 0.2) is 0 Å². The third-order valence-electron chi connectivity index (χ3n) is 2.99. The second-order valence-corrected chi connectivity index (χ2v) is 4.24. The van der Waals surface area contributed by atoms with Gasteiger partial charge in [-0.1, -0.05) is 26.3 Å². The Morgan fingerprint density at radius 3 is 2.77 bits per heavy atom. The lowest BCUT2D eigenvalue weighted by Crippen LogP contribution is -2.21. The zero-order chi connectivity index (χ0) is 9.68. The number of hydrogen-bond acceptors (Lipinski definition) is 1. The van der Waals surface area contributed by atoms with Crippen LogP contribution in [0, 0.1) is 5.92 Å². The van der Waals surface area contributed by atoms with E-state index >= 15 is 0 Å². The molecule has 1 aliphatic rings. The van der Waals surface area contributed by atoms with Crippen LogP contribution >= 0.6 is 0 Å². The summed E-state index contributed by atoms with van der Waals surface area (Å²) in [7, 11) is 0. The van der Waals surface area contributed by atoms with E-state index in [-0.39, 0.29) is 6.10 Å². The van der Waals surface area contributed by atoms with E-state index in [0.29, 0.717) is 5.92 Å². The highest BCUT2D eigenvalue weighted by molar-refractivity contribution is 5.11. The van der Waals surface area contributed by atoms with Gasteiger partial charge in [0.2, 0.25) is 0 Å². The van der Waals surface area contributed by atoms with Crippen LogP contribution in [0.1, 0.15) is 52.4 Å². The summed E-state index contributed by atoms with van der Waals surface area (Å²) in [5, 5.41) is 10.0. The van der Waals surface area contributed by atoms with Crippen molar-refractivity contribution in [2.24, 2.45) is 5.92 Å². The van der Waals surface area contributed by atoms with Gasteiger partial charge in [0.05, 0.1) is 6.10 Å². The van der Waals surface area contributed by atoms with Gasteiger partial charge in [-0.15, -0.1) is 0 Å². The first-order chi connectivity index (χ1) is 6.25. The van der Waals surface area contributed by atoms with Gasteiger partial charge >= 0.3 is 0 Å². The Labute approximate surface area is 81.9 Å². The van der Waals surface area contributed by atoms with Gasteiger partial charge in [-0.25, -0.2) is 0 Å². The Morgan fingerprint density at radius 1 is 1.46 bits per heavy atom. The monoisotopic (exact) mass is 182 g/mol. The smallest absolute Gasteiger partial charge is 0.0775 e. The first-order valence-electron chi connectivity index (χ1n) is 5.62. The zero-order valence-electron chi connectivity index (χ0n) is 8.92. The van der Waals surface area contributed by atoms with Gasteiger partial charge in [0.1, 0.15) is 0 Å². The largest absolute Gasteiger partial charge is 0.388 e. The Bertz CT molecular complexity index is 172. The van der Waals surface area contributed by atoms with Crippen molar-refractivity contribution in [1.82, 2.24) is 0 Å². The first kappa shape index (κ1) is 10.8. The van der Waals surface area contributed by atoms with Crippen LogP contribution in [0.4, 0.5) is 0 Å². The van der Waals surface area contributed by atoms with E-state index in [2.05, 4.69) is 19.9 Å². The molecule has 0 aromatic carbocycles. The van der Waals surface area contributed by atoms with Crippen LogP contribution in [0.2, 0.25) is 0 Å². The molecule has 1 aliphatic carbocycles. The summed E-state index contributed by atoms with van der Waals surface area (Å²) in [5.74, 6) is 0.439. The summed E-state index contributed by atoms with van der Waals surface area (Å²) in [6.45, 7) is 4.34.